The molecule has 0 radical (unpaired) electrons. The number of ether oxygens (including phenoxy) is 2. The van der Waals surface area contributed by atoms with Crippen LogP contribution in [0.2, 0.25) is 0 Å². The zero-order chi connectivity index (χ0) is 21.2. The van der Waals surface area contributed by atoms with Crippen molar-refractivity contribution in [2.45, 2.75) is 18.9 Å². The molecule has 1 aliphatic rings. The van der Waals surface area contributed by atoms with Gasteiger partial charge in [0.25, 0.3) is 0 Å². The minimum atomic E-state index is -0.0432. The molecule has 0 bridgehead atoms. The maximum Gasteiger partial charge on any atom is 0.225 e. The van der Waals surface area contributed by atoms with Crippen molar-refractivity contribution in [3.05, 3.63) is 102 Å². The summed E-state index contributed by atoms with van der Waals surface area (Å²) in [4.78, 5) is 12.6. The quantitative estimate of drug-likeness (QED) is 0.446. The number of amides is 1. The first-order chi connectivity index (χ1) is 15.2. The summed E-state index contributed by atoms with van der Waals surface area (Å²) in [5.74, 6) is 1.34. The van der Waals surface area contributed by atoms with Crippen LogP contribution in [0.15, 0.2) is 84.9 Å². The number of hydrogen-bond acceptors (Lipinski definition) is 3. The highest BCUT2D eigenvalue weighted by Gasteiger charge is 2.28. The first kappa shape index (κ1) is 19.2. The van der Waals surface area contributed by atoms with Crippen LogP contribution in [-0.4, -0.2) is 13.0 Å². The number of fused-ring (bicyclic) bond motifs is 3. The topological polar surface area (TPSA) is 47.6 Å². The molecule has 154 valence electrons. The van der Waals surface area contributed by atoms with Gasteiger partial charge in [0, 0.05) is 17.7 Å². The third-order valence-corrected chi connectivity index (χ3v) is 5.82. The summed E-state index contributed by atoms with van der Waals surface area (Å²) < 4.78 is 11.6. The van der Waals surface area contributed by atoms with Crippen LogP contribution in [0.1, 0.15) is 29.0 Å². The summed E-state index contributed by atoms with van der Waals surface area (Å²) in [6.07, 6.45) is 0.399. The van der Waals surface area contributed by atoms with E-state index in [0.29, 0.717) is 24.5 Å². The fourth-order valence-electron chi connectivity index (χ4n) is 4.26. The third-order valence-electron chi connectivity index (χ3n) is 5.82. The van der Waals surface area contributed by atoms with Gasteiger partial charge in [-0.15, -0.1) is 0 Å². The molecule has 1 heterocycles. The smallest absolute Gasteiger partial charge is 0.225 e. The van der Waals surface area contributed by atoms with Gasteiger partial charge in [-0.1, -0.05) is 72.8 Å². The Kier molecular flexibility index (Phi) is 5.04. The van der Waals surface area contributed by atoms with Crippen LogP contribution in [0.25, 0.3) is 10.8 Å². The molecule has 1 aliphatic heterocycles. The van der Waals surface area contributed by atoms with E-state index in [2.05, 4.69) is 29.6 Å². The second-order valence-corrected chi connectivity index (χ2v) is 7.74. The summed E-state index contributed by atoms with van der Waals surface area (Å²) in [5.41, 5.74) is 4.15. The van der Waals surface area contributed by atoms with E-state index in [1.54, 1.807) is 7.11 Å². The minimum Gasteiger partial charge on any atom is -0.493 e. The average Bonchev–Trinajstić information content (AvgIpc) is 2.82. The highest BCUT2D eigenvalue weighted by molar-refractivity contribution is 6.06. The van der Waals surface area contributed by atoms with Gasteiger partial charge in [0.2, 0.25) is 5.91 Å². The molecule has 4 heteroatoms. The molecule has 31 heavy (non-hydrogen) atoms. The summed E-state index contributed by atoms with van der Waals surface area (Å²) in [7, 11) is 1.64. The second-order valence-electron chi connectivity index (χ2n) is 7.74. The zero-order valence-electron chi connectivity index (χ0n) is 17.3. The Balaban J connectivity index is 1.53. The molecule has 4 nitrogen and oxygen atoms in total. The van der Waals surface area contributed by atoms with E-state index < -0.39 is 0 Å². The second kappa shape index (κ2) is 8.15. The van der Waals surface area contributed by atoms with Gasteiger partial charge in [-0.3, -0.25) is 4.79 Å². The summed E-state index contributed by atoms with van der Waals surface area (Å²) in [6, 6.07) is 28.4. The van der Waals surface area contributed by atoms with Crippen molar-refractivity contribution in [2.75, 3.05) is 12.4 Å². The first-order valence-corrected chi connectivity index (χ1v) is 10.4. The normalized spacial score (nSPS) is 15.3. The Labute approximate surface area is 181 Å². The number of benzene rings is 4. The molecule has 5 rings (SSSR count). The molecule has 1 unspecified atom stereocenters. The standard InChI is InChI=1S/C27H23NO3/c1-30-24-14-12-20(15-25(24)31-17-18-7-3-2-4-8-18)23-16-26(29)28-27-21-10-6-5-9-19(21)11-13-22(23)27/h2-15,23H,16-17H2,1H3,(H,28,29). The maximum absolute atomic E-state index is 12.6. The molecule has 0 spiro atoms. The molecule has 4 aromatic rings. The fraction of sp³-hybridized carbons (Fsp3) is 0.148. The van der Waals surface area contributed by atoms with Gasteiger partial charge in [-0.25, -0.2) is 0 Å². The molecule has 1 amide bonds. The Hall–Kier alpha value is -3.79. The Bertz CT molecular complexity index is 1250. The van der Waals surface area contributed by atoms with Gasteiger partial charge in [-0.05, 0) is 34.2 Å². The average molecular weight is 409 g/mol. The molecule has 0 aromatic heterocycles. The minimum absolute atomic E-state index is 0.0245. The number of hydrogen-bond donors (Lipinski definition) is 1. The Morgan fingerprint density at radius 3 is 2.55 bits per heavy atom. The van der Waals surface area contributed by atoms with Gasteiger partial charge in [0.05, 0.1) is 12.8 Å². The number of nitrogens with one attached hydrogen (secondary N) is 1. The summed E-state index contributed by atoms with van der Waals surface area (Å²) in [6.45, 7) is 0.451. The Morgan fingerprint density at radius 2 is 1.71 bits per heavy atom. The number of carbonyl (C=O) groups excluding carboxylic acids is 1. The van der Waals surface area contributed by atoms with Crippen molar-refractivity contribution in [3.8, 4) is 11.5 Å². The van der Waals surface area contributed by atoms with Gasteiger partial charge in [0.1, 0.15) is 6.61 Å². The highest BCUT2D eigenvalue weighted by Crippen LogP contribution is 2.42. The van der Waals surface area contributed by atoms with Gasteiger partial charge in [-0.2, -0.15) is 0 Å². The largest absolute Gasteiger partial charge is 0.493 e. The molecular weight excluding hydrogens is 386 g/mol. The number of anilines is 1. The van der Waals surface area contributed by atoms with Crippen LogP contribution in [0.4, 0.5) is 5.69 Å². The number of methoxy groups -OCH3 is 1. The van der Waals surface area contributed by atoms with E-state index in [9.17, 15) is 4.79 Å². The van der Waals surface area contributed by atoms with Gasteiger partial charge < -0.3 is 14.8 Å². The predicted octanol–water partition coefficient (Wildman–Crippen LogP) is 5.90. The van der Waals surface area contributed by atoms with Crippen LogP contribution in [0.3, 0.4) is 0 Å². The lowest BCUT2D eigenvalue weighted by Crippen LogP contribution is -2.23. The highest BCUT2D eigenvalue weighted by atomic mass is 16.5. The monoisotopic (exact) mass is 409 g/mol. The van der Waals surface area contributed by atoms with E-state index in [4.69, 9.17) is 9.47 Å². The molecular formula is C27H23NO3. The van der Waals surface area contributed by atoms with Gasteiger partial charge >= 0.3 is 0 Å². The fourth-order valence-corrected chi connectivity index (χ4v) is 4.26. The predicted molar refractivity (Wildman–Crippen MR) is 123 cm³/mol. The lowest BCUT2D eigenvalue weighted by Gasteiger charge is -2.28. The lowest BCUT2D eigenvalue weighted by molar-refractivity contribution is -0.116. The van der Waals surface area contributed by atoms with Crippen LogP contribution < -0.4 is 14.8 Å². The number of carbonyl (C=O) groups is 1. The molecule has 1 N–H and O–H groups in total. The molecule has 0 fully saturated rings. The van der Waals surface area contributed by atoms with Crippen molar-refractivity contribution >= 4 is 22.4 Å². The van der Waals surface area contributed by atoms with E-state index >= 15 is 0 Å². The van der Waals surface area contributed by atoms with Crippen LogP contribution in [-0.2, 0) is 11.4 Å². The van der Waals surface area contributed by atoms with E-state index in [1.807, 2.05) is 60.7 Å². The maximum atomic E-state index is 12.6. The van der Waals surface area contributed by atoms with Crippen LogP contribution in [0.5, 0.6) is 11.5 Å². The van der Waals surface area contributed by atoms with E-state index in [-0.39, 0.29) is 11.8 Å². The van der Waals surface area contributed by atoms with Crippen molar-refractivity contribution in [1.29, 1.82) is 0 Å². The van der Waals surface area contributed by atoms with E-state index in [0.717, 1.165) is 33.2 Å². The molecule has 0 saturated heterocycles. The van der Waals surface area contributed by atoms with Crippen molar-refractivity contribution in [3.63, 3.8) is 0 Å². The molecule has 0 aliphatic carbocycles. The molecule has 1 atom stereocenters. The summed E-state index contributed by atoms with van der Waals surface area (Å²) >= 11 is 0. The van der Waals surface area contributed by atoms with Gasteiger partial charge in [0.15, 0.2) is 11.5 Å². The number of rotatable bonds is 5. The summed E-state index contributed by atoms with van der Waals surface area (Å²) in [5, 5.41) is 5.27. The van der Waals surface area contributed by atoms with Crippen LogP contribution in [0, 0.1) is 0 Å². The SMILES string of the molecule is COc1ccc(C2CC(=O)Nc3c2ccc2ccccc32)cc1OCc1ccccc1. The first-order valence-electron chi connectivity index (χ1n) is 10.4. The van der Waals surface area contributed by atoms with E-state index in [1.165, 1.54) is 0 Å². The Morgan fingerprint density at radius 1 is 0.903 bits per heavy atom. The van der Waals surface area contributed by atoms with Crippen molar-refractivity contribution in [2.24, 2.45) is 0 Å². The van der Waals surface area contributed by atoms with Crippen molar-refractivity contribution < 1.29 is 14.3 Å². The van der Waals surface area contributed by atoms with Crippen molar-refractivity contribution in [1.82, 2.24) is 0 Å². The molecule has 4 aromatic carbocycles. The third kappa shape index (κ3) is 3.73. The van der Waals surface area contributed by atoms with Crippen LogP contribution >= 0.6 is 0 Å². The zero-order valence-corrected chi connectivity index (χ0v) is 17.3. The molecule has 0 saturated carbocycles. The lowest BCUT2D eigenvalue weighted by atomic mass is 9.83.